The largest absolute Gasteiger partial charge is 0.270 e. The first kappa shape index (κ1) is 13.2. The van der Waals surface area contributed by atoms with E-state index in [1.54, 1.807) is 12.1 Å². The maximum atomic E-state index is 10.7. The van der Waals surface area contributed by atoms with Crippen LogP contribution < -0.4 is 0 Å². The van der Waals surface area contributed by atoms with E-state index in [0.717, 1.165) is 16.3 Å². The van der Waals surface area contributed by atoms with E-state index >= 15 is 0 Å². The van der Waals surface area contributed by atoms with Crippen molar-refractivity contribution in [2.75, 3.05) is 12.9 Å². The summed E-state index contributed by atoms with van der Waals surface area (Å²) in [5.74, 6) is 0. The topological polar surface area (TPSA) is 67.2 Å². The van der Waals surface area contributed by atoms with E-state index in [2.05, 4.69) is 20.1 Å². The van der Waals surface area contributed by atoms with Gasteiger partial charge in [-0.1, -0.05) is 15.9 Å². The zero-order chi connectivity index (χ0) is 12.2. The van der Waals surface area contributed by atoms with Crippen LogP contribution in [-0.4, -0.2) is 21.3 Å². The molecule has 0 heterocycles. The summed E-state index contributed by atoms with van der Waals surface area (Å²) in [5.41, 5.74) is 1.39. The molecule has 1 aromatic carbocycles. The molecule has 0 radical (unpaired) electrons. The van der Waals surface area contributed by atoms with Gasteiger partial charge in [0.2, 0.25) is 0 Å². The first-order valence-electron chi connectivity index (χ1n) is 4.45. The lowest BCUT2D eigenvalue weighted by atomic mass is 10.1. The molecule has 0 saturated heterocycles. The lowest BCUT2D eigenvalue weighted by molar-refractivity contribution is 0.326. The van der Waals surface area contributed by atoms with E-state index in [0.29, 0.717) is 12.0 Å². The SMILES string of the molecule is CS(=O)(=O)OCCc1cc(Br)cc(C#N)c1. The summed E-state index contributed by atoms with van der Waals surface area (Å²) in [6.45, 7) is 0.0835. The standard InChI is InChI=1S/C10H10BrNO3S/c1-16(13,14)15-3-2-8-4-9(7-12)6-10(11)5-8/h4-6H,2-3H2,1H3. The third-order valence-electron chi connectivity index (χ3n) is 1.77. The highest BCUT2D eigenvalue weighted by atomic mass is 79.9. The molecule has 0 saturated carbocycles. The van der Waals surface area contributed by atoms with Crippen molar-refractivity contribution in [1.82, 2.24) is 0 Å². The lowest BCUT2D eigenvalue weighted by Gasteiger charge is -2.03. The van der Waals surface area contributed by atoms with E-state index in [1.807, 2.05) is 12.1 Å². The Morgan fingerprint density at radius 3 is 2.69 bits per heavy atom. The minimum Gasteiger partial charge on any atom is -0.270 e. The van der Waals surface area contributed by atoms with Crippen LogP contribution in [0.15, 0.2) is 22.7 Å². The van der Waals surface area contributed by atoms with Gasteiger partial charge in [-0.15, -0.1) is 0 Å². The highest BCUT2D eigenvalue weighted by Crippen LogP contribution is 2.16. The number of nitriles is 1. The van der Waals surface area contributed by atoms with E-state index in [9.17, 15) is 8.42 Å². The Labute approximate surface area is 103 Å². The van der Waals surface area contributed by atoms with Crippen LogP contribution in [-0.2, 0) is 20.7 Å². The zero-order valence-electron chi connectivity index (χ0n) is 8.60. The molecular weight excluding hydrogens is 294 g/mol. The summed E-state index contributed by atoms with van der Waals surface area (Å²) >= 11 is 3.28. The molecule has 0 amide bonds. The summed E-state index contributed by atoms with van der Waals surface area (Å²) < 4.78 is 26.9. The summed E-state index contributed by atoms with van der Waals surface area (Å²) in [5, 5.41) is 8.74. The Bertz CT molecular complexity index is 519. The van der Waals surface area contributed by atoms with Gasteiger partial charge in [-0.25, -0.2) is 0 Å². The number of benzene rings is 1. The van der Waals surface area contributed by atoms with E-state index in [-0.39, 0.29) is 6.61 Å². The fourth-order valence-electron chi connectivity index (χ4n) is 1.17. The zero-order valence-corrected chi connectivity index (χ0v) is 11.0. The molecule has 86 valence electrons. The van der Waals surface area contributed by atoms with Gasteiger partial charge in [-0.2, -0.15) is 13.7 Å². The summed E-state index contributed by atoms with van der Waals surface area (Å²) in [7, 11) is -3.40. The predicted molar refractivity (Wildman–Crippen MR) is 63.4 cm³/mol. The third-order valence-corrected chi connectivity index (χ3v) is 2.83. The highest BCUT2D eigenvalue weighted by Gasteiger charge is 2.03. The fourth-order valence-corrected chi connectivity index (χ4v) is 2.10. The number of halogens is 1. The molecule has 0 bridgehead atoms. The molecule has 16 heavy (non-hydrogen) atoms. The van der Waals surface area contributed by atoms with Gasteiger partial charge in [0.1, 0.15) is 0 Å². The van der Waals surface area contributed by atoms with Gasteiger partial charge in [0.05, 0.1) is 24.5 Å². The molecule has 0 spiro atoms. The molecule has 4 nitrogen and oxygen atoms in total. The average Bonchev–Trinajstić information content (AvgIpc) is 2.14. The minimum atomic E-state index is -3.40. The van der Waals surface area contributed by atoms with Crippen molar-refractivity contribution < 1.29 is 12.6 Å². The second kappa shape index (κ2) is 5.43. The van der Waals surface area contributed by atoms with Gasteiger partial charge in [-0.3, -0.25) is 4.18 Å². The highest BCUT2D eigenvalue weighted by molar-refractivity contribution is 9.10. The van der Waals surface area contributed by atoms with Crippen molar-refractivity contribution >= 4 is 26.0 Å². The lowest BCUT2D eigenvalue weighted by Crippen LogP contribution is -2.06. The first-order valence-corrected chi connectivity index (χ1v) is 7.05. The van der Waals surface area contributed by atoms with Gasteiger partial charge >= 0.3 is 0 Å². The first-order chi connectivity index (χ1) is 7.40. The fraction of sp³-hybridized carbons (Fsp3) is 0.300. The quantitative estimate of drug-likeness (QED) is 0.796. The number of nitrogens with zero attached hydrogens (tertiary/aromatic N) is 1. The number of rotatable bonds is 4. The van der Waals surface area contributed by atoms with Crippen molar-refractivity contribution in [3.8, 4) is 6.07 Å². The van der Waals surface area contributed by atoms with Crippen molar-refractivity contribution in [2.24, 2.45) is 0 Å². The summed E-state index contributed by atoms with van der Waals surface area (Å²) in [4.78, 5) is 0. The molecule has 0 aliphatic carbocycles. The van der Waals surface area contributed by atoms with Crippen molar-refractivity contribution in [1.29, 1.82) is 5.26 Å². The molecular formula is C10H10BrNO3S. The Morgan fingerprint density at radius 2 is 2.12 bits per heavy atom. The average molecular weight is 304 g/mol. The van der Waals surface area contributed by atoms with Crippen LogP contribution in [0.25, 0.3) is 0 Å². The maximum absolute atomic E-state index is 10.7. The Morgan fingerprint density at radius 1 is 1.44 bits per heavy atom. The molecule has 1 rings (SSSR count). The van der Waals surface area contributed by atoms with Gasteiger partial charge in [-0.05, 0) is 30.2 Å². The molecule has 0 N–H and O–H groups in total. The monoisotopic (exact) mass is 303 g/mol. The second-order valence-corrected chi connectivity index (χ2v) is 5.80. The van der Waals surface area contributed by atoms with Crippen LogP contribution in [0.2, 0.25) is 0 Å². The molecule has 0 aliphatic heterocycles. The molecule has 0 fully saturated rings. The maximum Gasteiger partial charge on any atom is 0.264 e. The predicted octanol–water partition coefficient (Wildman–Crippen LogP) is 1.84. The van der Waals surface area contributed by atoms with Crippen LogP contribution in [0.1, 0.15) is 11.1 Å². The Balaban J connectivity index is 2.68. The molecule has 0 aromatic heterocycles. The molecule has 1 aromatic rings. The van der Waals surface area contributed by atoms with Gasteiger partial charge in [0.25, 0.3) is 10.1 Å². The molecule has 0 atom stereocenters. The smallest absolute Gasteiger partial charge is 0.264 e. The van der Waals surface area contributed by atoms with Crippen LogP contribution in [0.3, 0.4) is 0 Å². The van der Waals surface area contributed by atoms with Crippen LogP contribution in [0.5, 0.6) is 0 Å². The summed E-state index contributed by atoms with van der Waals surface area (Å²) in [6.07, 6.45) is 1.45. The van der Waals surface area contributed by atoms with E-state index < -0.39 is 10.1 Å². The number of hydrogen-bond donors (Lipinski definition) is 0. The van der Waals surface area contributed by atoms with Crippen LogP contribution >= 0.6 is 15.9 Å². The third kappa shape index (κ3) is 4.75. The van der Waals surface area contributed by atoms with Crippen molar-refractivity contribution in [3.63, 3.8) is 0 Å². The number of hydrogen-bond acceptors (Lipinski definition) is 4. The van der Waals surface area contributed by atoms with Gasteiger partial charge < -0.3 is 0 Å². The van der Waals surface area contributed by atoms with Gasteiger partial charge in [0.15, 0.2) is 0 Å². The minimum absolute atomic E-state index is 0.0835. The van der Waals surface area contributed by atoms with Crippen molar-refractivity contribution in [2.45, 2.75) is 6.42 Å². The normalized spacial score (nSPS) is 11.1. The van der Waals surface area contributed by atoms with E-state index in [1.165, 1.54) is 0 Å². The van der Waals surface area contributed by atoms with Gasteiger partial charge in [0, 0.05) is 4.47 Å². The Kier molecular flexibility index (Phi) is 4.47. The Hall–Kier alpha value is -0.900. The van der Waals surface area contributed by atoms with Crippen molar-refractivity contribution in [3.05, 3.63) is 33.8 Å². The van der Waals surface area contributed by atoms with E-state index in [4.69, 9.17) is 5.26 Å². The van der Waals surface area contributed by atoms with Crippen LogP contribution in [0.4, 0.5) is 0 Å². The molecule has 0 aliphatic rings. The summed E-state index contributed by atoms with van der Waals surface area (Å²) in [6, 6.07) is 7.25. The second-order valence-electron chi connectivity index (χ2n) is 3.24. The molecule has 6 heteroatoms. The van der Waals surface area contributed by atoms with Crippen LogP contribution in [0, 0.1) is 11.3 Å². The molecule has 0 unspecified atom stereocenters.